The first-order chi connectivity index (χ1) is 28.1. The molecule has 4 N–H and O–H groups in total. The van der Waals surface area contributed by atoms with Gasteiger partial charge in [-0.3, -0.25) is 4.79 Å². The maximum absolute atomic E-state index is 12.5. The molecule has 0 radical (unpaired) electrons. The first-order valence-electron chi connectivity index (χ1n) is 25.6. The fourth-order valence-electron chi connectivity index (χ4n) is 8.08. The number of allylic oxidation sites excluding steroid dienone is 4. The van der Waals surface area contributed by atoms with Crippen LogP contribution in [-0.2, 0) is 4.79 Å². The van der Waals surface area contributed by atoms with Crippen molar-refractivity contribution in [3.8, 4) is 0 Å². The number of rotatable bonds is 47. The van der Waals surface area contributed by atoms with Crippen molar-refractivity contribution >= 4 is 5.91 Å². The van der Waals surface area contributed by atoms with Crippen LogP contribution in [0.3, 0.4) is 0 Å². The van der Waals surface area contributed by atoms with Crippen molar-refractivity contribution in [2.75, 3.05) is 6.61 Å². The number of aliphatic hydroxyl groups excluding tert-OH is 3. The van der Waals surface area contributed by atoms with Crippen molar-refractivity contribution in [2.24, 2.45) is 0 Å². The minimum atomic E-state index is -1.14. The van der Waals surface area contributed by atoms with Gasteiger partial charge in [0.15, 0.2) is 0 Å². The highest BCUT2D eigenvalue weighted by atomic mass is 16.3. The molecule has 0 bridgehead atoms. The van der Waals surface area contributed by atoms with Gasteiger partial charge < -0.3 is 20.6 Å². The third-order valence-electron chi connectivity index (χ3n) is 12.1. The molecular formula is C52H101NO4. The van der Waals surface area contributed by atoms with Crippen LogP contribution in [0.2, 0.25) is 0 Å². The smallest absolute Gasteiger partial charge is 0.220 e. The topological polar surface area (TPSA) is 89.8 Å². The number of carbonyl (C=O) groups excluding carboxylic acids is 1. The average molecular weight is 804 g/mol. The van der Waals surface area contributed by atoms with Gasteiger partial charge in [-0.15, -0.1) is 0 Å². The molecule has 0 fully saturated rings. The Morgan fingerprint density at radius 1 is 0.439 bits per heavy atom. The molecule has 0 aromatic heterocycles. The molecule has 1 amide bonds. The molecular weight excluding hydrogens is 703 g/mol. The van der Waals surface area contributed by atoms with Crippen LogP contribution in [-0.4, -0.2) is 46.1 Å². The summed E-state index contributed by atoms with van der Waals surface area (Å²) in [5.74, 6) is -0.149. The van der Waals surface area contributed by atoms with Crippen molar-refractivity contribution in [3.63, 3.8) is 0 Å². The largest absolute Gasteiger partial charge is 0.394 e. The molecule has 0 heterocycles. The van der Waals surface area contributed by atoms with E-state index in [9.17, 15) is 20.1 Å². The van der Waals surface area contributed by atoms with Gasteiger partial charge in [0.25, 0.3) is 0 Å². The molecule has 3 unspecified atom stereocenters. The average Bonchev–Trinajstić information content (AvgIpc) is 3.22. The van der Waals surface area contributed by atoms with E-state index < -0.39 is 18.2 Å². The molecule has 5 heteroatoms. The molecule has 0 rings (SSSR count). The lowest BCUT2D eigenvalue weighted by atomic mass is 9.99. The van der Waals surface area contributed by atoms with Crippen LogP contribution in [0.4, 0.5) is 0 Å². The second-order valence-electron chi connectivity index (χ2n) is 17.7. The van der Waals surface area contributed by atoms with E-state index in [0.717, 1.165) is 44.9 Å². The molecule has 0 aliphatic rings. The highest BCUT2D eigenvalue weighted by Gasteiger charge is 2.26. The summed E-state index contributed by atoms with van der Waals surface area (Å²) >= 11 is 0. The van der Waals surface area contributed by atoms with Crippen molar-refractivity contribution in [1.29, 1.82) is 0 Å². The first-order valence-corrected chi connectivity index (χ1v) is 25.6. The van der Waals surface area contributed by atoms with Crippen LogP contribution in [0.5, 0.6) is 0 Å². The van der Waals surface area contributed by atoms with E-state index >= 15 is 0 Å². The Morgan fingerprint density at radius 2 is 0.754 bits per heavy atom. The lowest BCUT2D eigenvalue weighted by Crippen LogP contribution is -2.50. The third kappa shape index (κ3) is 42.8. The molecule has 338 valence electrons. The van der Waals surface area contributed by atoms with Crippen LogP contribution in [0.15, 0.2) is 24.3 Å². The Labute approximate surface area is 356 Å². The Bertz CT molecular complexity index is 844. The second kappa shape index (κ2) is 47.5. The zero-order valence-electron chi connectivity index (χ0n) is 38.5. The fourth-order valence-corrected chi connectivity index (χ4v) is 8.08. The van der Waals surface area contributed by atoms with Gasteiger partial charge in [0.2, 0.25) is 5.91 Å². The normalized spacial score (nSPS) is 13.6. The van der Waals surface area contributed by atoms with E-state index in [1.54, 1.807) is 0 Å². The summed E-state index contributed by atoms with van der Waals surface area (Å²) in [6, 6.07) is -0.813. The van der Waals surface area contributed by atoms with Crippen molar-refractivity contribution in [3.05, 3.63) is 24.3 Å². The molecule has 0 saturated carbocycles. The molecule has 0 aliphatic heterocycles. The monoisotopic (exact) mass is 804 g/mol. The van der Waals surface area contributed by atoms with E-state index in [4.69, 9.17) is 0 Å². The third-order valence-corrected chi connectivity index (χ3v) is 12.1. The van der Waals surface area contributed by atoms with Crippen LogP contribution >= 0.6 is 0 Å². The van der Waals surface area contributed by atoms with Gasteiger partial charge in [-0.1, -0.05) is 250 Å². The molecule has 0 spiro atoms. The number of hydrogen-bond acceptors (Lipinski definition) is 4. The molecule has 0 saturated heterocycles. The Kier molecular flexibility index (Phi) is 46.5. The van der Waals surface area contributed by atoms with Gasteiger partial charge in [0.05, 0.1) is 18.8 Å². The highest BCUT2D eigenvalue weighted by molar-refractivity contribution is 5.76. The summed E-state index contributed by atoms with van der Waals surface area (Å²) < 4.78 is 0. The summed E-state index contributed by atoms with van der Waals surface area (Å²) in [7, 11) is 0. The summed E-state index contributed by atoms with van der Waals surface area (Å²) in [5, 5.41) is 33.7. The van der Waals surface area contributed by atoms with Gasteiger partial charge >= 0.3 is 0 Å². The van der Waals surface area contributed by atoms with Crippen LogP contribution < -0.4 is 5.32 Å². The standard InChI is InChI=1S/C52H101NO4/c1-3-5-7-9-11-13-15-17-19-21-23-25-26-27-29-31-33-35-37-39-41-43-45-47-51(56)53-49(48-54)52(57)50(55)46-44-42-40-38-36-34-32-30-28-24-22-20-18-16-14-12-10-8-6-4-2/h23,25,27,29,49-50,52,54-55,57H,3-22,24,26,28,30-48H2,1-2H3,(H,53,56)/b25-23-,29-27-. The van der Waals surface area contributed by atoms with Crippen molar-refractivity contribution < 1.29 is 20.1 Å². The minimum Gasteiger partial charge on any atom is -0.394 e. The van der Waals surface area contributed by atoms with Gasteiger partial charge in [0, 0.05) is 6.42 Å². The van der Waals surface area contributed by atoms with E-state index in [1.807, 2.05) is 0 Å². The summed E-state index contributed by atoms with van der Waals surface area (Å²) in [5.41, 5.74) is 0. The minimum absolute atomic E-state index is 0.149. The van der Waals surface area contributed by atoms with E-state index in [1.165, 1.54) is 205 Å². The van der Waals surface area contributed by atoms with Gasteiger partial charge in [0.1, 0.15) is 6.10 Å². The predicted octanol–water partition coefficient (Wildman–Crippen LogP) is 15.3. The second-order valence-corrected chi connectivity index (χ2v) is 17.7. The van der Waals surface area contributed by atoms with Crippen molar-refractivity contribution in [2.45, 2.75) is 295 Å². The fraction of sp³-hybridized carbons (Fsp3) is 0.904. The van der Waals surface area contributed by atoms with Crippen LogP contribution in [0, 0.1) is 0 Å². The number of hydrogen-bond donors (Lipinski definition) is 4. The lowest BCUT2D eigenvalue weighted by Gasteiger charge is -2.26. The number of unbranched alkanes of at least 4 members (excludes halogenated alkanes) is 35. The van der Waals surface area contributed by atoms with Gasteiger partial charge in [-0.05, 0) is 44.9 Å². The van der Waals surface area contributed by atoms with Crippen LogP contribution in [0.25, 0.3) is 0 Å². The molecule has 57 heavy (non-hydrogen) atoms. The molecule has 0 aliphatic carbocycles. The Balaban J connectivity index is 3.59. The van der Waals surface area contributed by atoms with Crippen molar-refractivity contribution in [1.82, 2.24) is 5.32 Å². The molecule has 0 aromatic rings. The predicted molar refractivity (Wildman–Crippen MR) is 250 cm³/mol. The highest BCUT2D eigenvalue weighted by Crippen LogP contribution is 2.17. The number of nitrogens with one attached hydrogen (secondary N) is 1. The molecule has 5 nitrogen and oxygen atoms in total. The lowest BCUT2D eigenvalue weighted by molar-refractivity contribution is -0.124. The summed E-state index contributed by atoms with van der Waals surface area (Å²) in [6.45, 7) is 4.20. The number of aliphatic hydroxyl groups is 3. The zero-order valence-corrected chi connectivity index (χ0v) is 38.5. The SMILES string of the molecule is CCCCCCCCCCC/C=C\C/C=C\CCCCCCCCCC(=O)NC(CO)C(O)C(O)CCCCCCCCCCCCCCCCCCCCCC. The van der Waals surface area contributed by atoms with E-state index in [2.05, 4.69) is 43.5 Å². The van der Waals surface area contributed by atoms with Crippen LogP contribution in [0.1, 0.15) is 277 Å². The van der Waals surface area contributed by atoms with Gasteiger partial charge in [-0.2, -0.15) is 0 Å². The number of carbonyl (C=O) groups is 1. The summed E-state index contributed by atoms with van der Waals surface area (Å²) in [6.07, 6.45) is 58.7. The van der Waals surface area contributed by atoms with E-state index in [-0.39, 0.29) is 12.5 Å². The Hall–Kier alpha value is -1.17. The van der Waals surface area contributed by atoms with Gasteiger partial charge in [-0.25, -0.2) is 0 Å². The first kappa shape index (κ1) is 55.8. The molecule has 3 atom stereocenters. The zero-order chi connectivity index (χ0) is 41.5. The maximum Gasteiger partial charge on any atom is 0.220 e. The molecule has 0 aromatic carbocycles. The summed E-state index contributed by atoms with van der Waals surface area (Å²) in [4.78, 5) is 12.5. The van der Waals surface area contributed by atoms with E-state index in [0.29, 0.717) is 12.8 Å². The number of amides is 1. The maximum atomic E-state index is 12.5. The quantitative estimate of drug-likeness (QED) is 0.0364. The Morgan fingerprint density at radius 3 is 1.11 bits per heavy atom.